The van der Waals surface area contributed by atoms with Crippen LogP contribution in [0.2, 0.25) is 0 Å². The summed E-state index contributed by atoms with van der Waals surface area (Å²) in [6.07, 6.45) is 0. The highest BCUT2D eigenvalue weighted by molar-refractivity contribution is 5.83. The van der Waals surface area contributed by atoms with Crippen LogP contribution in [0.5, 0.6) is 0 Å². The van der Waals surface area contributed by atoms with E-state index in [1.54, 1.807) is 4.90 Å². The van der Waals surface area contributed by atoms with Gasteiger partial charge in [-0.2, -0.15) is 0 Å². The maximum absolute atomic E-state index is 12.7. The molecule has 0 radical (unpaired) electrons. The molecule has 0 aliphatic carbocycles. The summed E-state index contributed by atoms with van der Waals surface area (Å²) in [6.45, 7) is 8.76. The zero-order chi connectivity index (χ0) is 15.8. The van der Waals surface area contributed by atoms with Crippen LogP contribution in [0.3, 0.4) is 0 Å². The molecule has 2 rings (SSSR count). The van der Waals surface area contributed by atoms with Gasteiger partial charge in [0.1, 0.15) is 0 Å². The smallest absolute Gasteiger partial charge is 0.312 e. The maximum atomic E-state index is 12.7. The number of carboxylic acids is 1. The molecular formula is C17H23NO3. The summed E-state index contributed by atoms with van der Waals surface area (Å²) in [7, 11) is 0. The molecule has 1 aromatic carbocycles. The number of benzene rings is 1. The minimum Gasteiger partial charge on any atom is -0.481 e. The SMILES string of the molecule is CC(C(=O)N1Cc2ccccc2C(C(=O)O)C1)C(C)(C)C. The molecule has 1 N–H and O–H groups in total. The second kappa shape index (κ2) is 5.51. The quantitative estimate of drug-likeness (QED) is 0.910. The van der Waals surface area contributed by atoms with E-state index in [2.05, 4.69) is 0 Å². The summed E-state index contributed by atoms with van der Waals surface area (Å²) in [5.74, 6) is -1.62. The van der Waals surface area contributed by atoms with Crippen molar-refractivity contribution in [1.82, 2.24) is 4.90 Å². The maximum Gasteiger partial charge on any atom is 0.312 e. The van der Waals surface area contributed by atoms with E-state index in [-0.39, 0.29) is 23.8 Å². The number of amides is 1. The predicted octanol–water partition coefficient (Wildman–Crippen LogP) is 2.88. The Kier molecular flexibility index (Phi) is 4.08. The average molecular weight is 289 g/mol. The van der Waals surface area contributed by atoms with Crippen LogP contribution in [-0.2, 0) is 16.1 Å². The van der Waals surface area contributed by atoms with Gasteiger partial charge in [-0.15, -0.1) is 0 Å². The van der Waals surface area contributed by atoms with E-state index in [1.165, 1.54) is 0 Å². The largest absolute Gasteiger partial charge is 0.481 e. The van der Waals surface area contributed by atoms with Crippen LogP contribution in [0.4, 0.5) is 0 Å². The predicted molar refractivity (Wildman–Crippen MR) is 80.9 cm³/mol. The van der Waals surface area contributed by atoms with Crippen LogP contribution in [-0.4, -0.2) is 28.4 Å². The fourth-order valence-electron chi connectivity index (χ4n) is 2.63. The molecule has 4 heteroatoms. The van der Waals surface area contributed by atoms with Crippen LogP contribution < -0.4 is 0 Å². The van der Waals surface area contributed by atoms with Gasteiger partial charge in [0.2, 0.25) is 5.91 Å². The van der Waals surface area contributed by atoms with Crippen LogP contribution >= 0.6 is 0 Å². The number of nitrogens with zero attached hydrogens (tertiary/aromatic N) is 1. The zero-order valence-corrected chi connectivity index (χ0v) is 13.1. The number of fused-ring (bicyclic) bond motifs is 1. The molecule has 4 nitrogen and oxygen atoms in total. The van der Waals surface area contributed by atoms with Gasteiger partial charge >= 0.3 is 5.97 Å². The highest BCUT2D eigenvalue weighted by Gasteiger charge is 2.36. The zero-order valence-electron chi connectivity index (χ0n) is 13.1. The Bertz CT molecular complexity index is 559. The number of carbonyl (C=O) groups excluding carboxylic acids is 1. The fraction of sp³-hybridized carbons (Fsp3) is 0.529. The number of aliphatic carboxylic acids is 1. The summed E-state index contributed by atoms with van der Waals surface area (Å²) >= 11 is 0. The molecule has 2 atom stereocenters. The second-order valence-electron chi connectivity index (χ2n) is 6.90. The lowest BCUT2D eigenvalue weighted by molar-refractivity contribution is -0.143. The van der Waals surface area contributed by atoms with Crippen molar-refractivity contribution in [2.45, 2.75) is 40.2 Å². The minimum atomic E-state index is -0.872. The first-order chi connectivity index (χ1) is 9.71. The van der Waals surface area contributed by atoms with Crippen LogP contribution in [0.15, 0.2) is 24.3 Å². The van der Waals surface area contributed by atoms with E-state index < -0.39 is 11.9 Å². The molecular weight excluding hydrogens is 266 g/mol. The average Bonchev–Trinajstić information content (AvgIpc) is 2.43. The Labute approximate surface area is 125 Å². The van der Waals surface area contributed by atoms with E-state index in [9.17, 15) is 14.7 Å². The van der Waals surface area contributed by atoms with Crippen molar-refractivity contribution in [3.63, 3.8) is 0 Å². The standard InChI is InChI=1S/C17H23NO3/c1-11(17(2,3)4)15(19)18-9-12-7-5-6-8-13(12)14(10-18)16(20)21/h5-8,11,14H,9-10H2,1-4H3,(H,20,21). The lowest BCUT2D eigenvalue weighted by atomic mass is 9.80. The van der Waals surface area contributed by atoms with E-state index >= 15 is 0 Å². The molecule has 1 amide bonds. The van der Waals surface area contributed by atoms with Crippen molar-refractivity contribution in [3.05, 3.63) is 35.4 Å². The molecule has 0 aromatic heterocycles. The highest BCUT2D eigenvalue weighted by Crippen LogP contribution is 2.32. The first kappa shape index (κ1) is 15.5. The van der Waals surface area contributed by atoms with Crippen LogP contribution in [0.1, 0.15) is 44.7 Å². The van der Waals surface area contributed by atoms with Crippen molar-refractivity contribution in [2.24, 2.45) is 11.3 Å². The molecule has 1 aliphatic rings. The van der Waals surface area contributed by atoms with Gasteiger partial charge in [-0.1, -0.05) is 52.0 Å². The van der Waals surface area contributed by atoms with Crippen LogP contribution in [0.25, 0.3) is 0 Å². The number of carboxylic acid groups (broad SMARTS) is 1. The number of carbonyl (C=O) groups is 2. The van der Waals surface area contributed by atoms with Gasteiger partial charge in [0.05, 0.1) is 5.92 Å². The molecule has 0 bridgehead atoms. The lowest BCUT2D eigenvalue weighted by Crippen LogP contribution is -2.45. The third-order valence-electron chi connectivity index (χ3n) is 4.47. The van der Waals surface area contributed by atoms with E-state index in [4.69, 9.17) is 0 Å². The summed E-state index contributed by atoms with van der Waals surface area (Å²) < 4.78 is 0. The summed E-state index contributed by atoms with van der Waals surface area (Å²) in [6, 6.07) is 7.50. The van der Waals surface area contributed by atoms with E-state index in [0.29, 0.717) is 6.54 Å². The van der Waals surface area contributed by atoms with Crippen molar-refractivity contribution in [1.29, 1.82) is 0 Å². The van der Waals surface area contributed by atoms with Gasteiger partial charge < -0.3 is 10.0 Å². The monoisotopic (exact) mass is 289 g/mol. The Morgan fingerprint density at radius 2 is 1.90 bits per heavy atom. The molecule has 0 fully saturated rings. The molecule has 0 saturated heterocycles. The molecule has 2 unspecified atom stereocenters. The third-order valence-corrected chi connectivity index (χ3v) is 4.47. The first-order valence-corrected chi connectivity index (χ1v) is 7.31. The second-order valence-corrected chi connectivity index (χ2v) is 6.90. The van der Waals surface area contributed by atoms with Gasteiger partial charge in [0, 0.05) is 19.0 Å². The molecule has 0 spiro atoms. The van der Waals surface area contributed by atoms with E-state index in [1.807, 2.05) is 52.0 Å². The molecule has 1 aromatic rings. The van der Waals surface area contributed by atoms with Crippen molar-refractivity contribution < 1.29 is 14.7 Å². The molecule has 0 saturated carbocycles. The molecule has 1 heterocycles. The topological polar surface area (TPSA) is 57.6 Å². The minimum absolute atomic E-state index is 0.0308. The van der Waals surface area contributed by atoms with Crippen molar-refractivity contribution in [2.75, 3.05) is 6.54 Å². The first-order valence-electron chi connectivity index (χ1n) is 7.31. The third kappa shape index (κ3) is 3.09. The molecule has 114 valence electrons. The van der Waals surface area contributed by atoms with Gasteiger partial charge in [-0.3, -0.25) is 9.59 Å². The molecule has 21 heavy (non-hydrogen) atoms. The Morgan fingerprint density at radius 1 is 1.29 bits per heavy atom. The van der Waals surface area contributed by atoms with Crippen molar-refractivity contribution in [3.8, 4) is 0 Å². The van der Waals surface area contributed by atoms with Crippen molar-refractivity contribution >= 4 is 11.9 Å². The van der Waals surface area contributed by atoms with Gasteiger partial charge in [0.25, 0.3) is 0 Å². The van der Waals surface area contributed by atoms with Gasteiger partial charge in [-0.05, 0) is 16.5 Å². The number of hydrogen-bond acceptors (Lipinski definition) is 2. The molecule has 1 aliphatic heterocycles. The Balaban J connectivity index is 2.30. The summed E-state index contributed by atoms with van der Waals surface area (Å²) in [5, 5.41) is 9.45. The van der Waals surface area contributed by atoms with Gasteiger partial charge in [-0.25, -0.2) is 0 Å². The summed E-state index contributed by atoms with van der Waals surface area (Å²) in [4.78, 5) is 25.9. The number of hydrogen-bond donors (Lipinski definition) is 1. The van der Waals surface area contributed by atoms with E-state index in [0.717, 1.165) is 11.1 Å². The normalized spacial score (nSPS) is 19.8. The lowest BCUT2D eigenvalue weighted by Gasteiger charge is -2.37. The summed E-state index contributed by atoms with van der Waals surface area (Å²) in [5.41, 5.74) is 1.63. The fourth-order valence-corrected chi connectivity index (χ4v) is 2.63. The highest BCUT2D eigenvalue weighted by atomic mass is 16.4. The van der Waals surface area contributed by atoms with Gasteiger partial charge in [0.15, 0.2) is 0 Å². The Morgan fingerprint density at radius 3 is 2.48 bits per heavy atom. The number of rotatable bonds is 2. The Hall–Kier alpha value is -1.84. The van der Waals surface area contributed by atoms with Crippen LogP contribution in [0, 0.1) is 11.3 Å².